The first-order chi connectivity index (χ1) is 16.4. The Balaban J connectivity index is 1.77. The number of pyridine rings is 1. The summed E-state index contributed by atoms with van der Waals surface area (Å²) in [6.45, 7) is 0.373. The minimum absolute atomic E-state index is 0.0730. The number of allylic oxidation sites excluding steroid dienone is 1. The first kappa shape index (κ1) is 24.5. The molecule has 0 aliphatic rings. The van der Waals surface area contributed by atoms with E-state index < -0.39 is 15.9 Å². The highest BCUT2D eigenvalue weighted by atomic mass is 32.2. The van der Waals surface area contributed by atoms with Gasteiger partial charge in [0.05, 0.1) is 19.3 Å². The number of ether oxygens (including phenoxy) is 2. The molecule has 1 amide bonds. The molecule has 2 aromatic carbocycles. The van der Waals surface area contributed by atoms with Gasteiger partial charge in [0.25, 0.3) is 15.9 Å². The molecule has 0 radical (unpaired) electrons. The van der Waals surface area contributed by atoms with E-state index in [1.807, 2.05) is 0 Å². The molecular formula is C24H24N4O5S. The third kappa shape index (κ3) is 6.42. The molecule has 0 spiro atoms. The summed E-state index contributed by atoms with van der Waals surface area (Å²) < 4.78 is 39.0. The van der Waals surface area contributed by atoms with Crippen molar-refractivity contribution in [3.63, 3.8) is 0 Å². The van der Waals surface area contributed by atoms with Crippen molar-refractivity contribution in [3.05, 3.63) is 96.0 Å². The van der Waals surface area contributed by atoms with Gasteiger partial charge >= 0.3 is 0 Å². The molecule has 1 heterocycles. The summed E-state index contributed by atoms with van der Waals surface area (Å²) in [5, 5.41) is 0. The van der Waals surface area contributed by atoms with Crippen LogP contribution in [0.3, 0.4) is 0 Å². The first-order valence-corrected chi connectivity index (χ1v) is 11.7. The van der Waals surface area contributed by atoms with E-state index in [0.717, 1.165) is 5.56 Å². The van der Waals surface area contributed by atoms with E-state index in [2.05, 4.69) is 14.7 Å². The van der Waals surface area contributed by atoms with Gasteiger partial charge in [-0.15, -0.1) is 0 Å². The van der Waals surface area contributed by atoms with Crippen LogP contribution in [0.25, 0.3) is 0 Å². The van der Waals surface area contributed by atoms with E-state index in [-0.39, 0.29) is 22.8 Å². The normalized spacial score (nSPS) is 11.6. The largest absolute Gasteiger partial charge is 0.496 e. The Morgan fingerprint density at radius 3 is 2.65 bits per heavy atom. The minimum atomic E-state index is -4.22. The lowest BCUT2D eigenvalue weighted by molar-refractivity contribution is 0.0981. The molecule has 3 aromatic rings. The number of methoxy groups -OCH3 is 1. The lowest BCUT2D eigenvalue weighted by atomic mass is 10.1. The fourth-order valence-electron chi connectivity index (χ4n) is 2.94. The van der Waals surface area contributed by atoms with Crippen molar-refractivity contribution in [1.82, 2.24) is 9.71 Å². The van der Waals surface area contributed by atoms with E-state index >= 15 is 0 Å². The van der Waals surface area contributed by atoms with Gasteiger partial charge in [-0.1, -0.05) is 24.3 Å². The summed E-state index contributed by atoms with van der Waals surface area (Å²) in [6.07, 6.45) is 6.10. The van der Waals surface area contributed by atoms with Crippen LogP contribution in [0.4, 0.5) is 0 Å². The number of aliphatic imine (C=N–C) groups is 1. The van der Waals surface area contributed by atoms with Gasteiger partial charge in [0.15, 0.2) is 0 Å². The van der Waals surface area contributed by atoms with E-state index in [1.165, 1.54) is 37.6 Å². The zero-order valence-electron chi connectivity index (χ0n) is 18.4. The van der Waals surface area contributed by atoms with Crippen LogP contribution in [0.2, 0.25) is 0 Å². The maximum Gasteiger partial charge on any atom is 0.268 e. The first-order valence-electron chi connectivity index (χ1n) is 10.2. The third-order valence-corrected chi connectivity index (χ3v) is 5.95. The highest BCUT2D eigenvalue weighted by Crippen LogP contribution is 2.25. The second-order valence-electron chi connectivity index (χ2n) is 6.89. The number of para-hydroxylation sites is 1. The number of nitrogens with one attached hydrogen (secondary N) is 1. The van der Waals surface area contributed by atoms with E-state index in [9.17, 15) is 13.2 Å². The number of sulfonamides is 1. The van der Waals surface area contributed by atoms with Crippen LogP contribution in [-0.4, -0.2) is 32.6 Å². The van der Waals surface area contributed by atoms with Gasteiger partial charge in [-0.25, -0.2) is 13.1 Å². The number of nitrogens with two attached hydrogens (primary N) is 1. The molecule has 0 aliphatic heterocycles. The average Bonchev–Trinajstić information content (AvgIpc) is 2.86. The maximum absolute atomic E-state index is 13.0. The Kier molecular flexibility index (Phi) is 8.36. The molecule has 9 nitrogen and oxygen atoms in total. The van der Waals surface area contributed by atoms with Crippen molar-refractivity contribution in [3.8, 4) is 11.5 Å². The lowest BCUT2D eigenvalue weighted by Gasteiger charge is -2.13. The number of hydrogen-bond donors (Lipinski definition) is 2. The van der Waals surface area contributed by atoms with Gasteiger partial charge in [0, 0.05) is 23.5 Å². The number of hydrogen-bond acceptors (Lipinski definition) is 8. The highest BCUT2D eigenvalue weighted by Gasteiger charge is 2.23. The van der Waals surface area contributed by atoms with Crippen molar-refractivity contribution >= 4 is 22.1 Å². The second-order valence-corrected chi connectivity index (χ2v) is 8.54. The molecule has 0 fully saturated rings. The predicted molar refractivity (Wildman–Crippen MR) is 128 cm³/mol. The molecule has 34 heavy (non-hydrogen) atoms. The Hall–Kier alpha value is -4.18. The molecule has 0 atom stereocenters. The molecule has 1 aromatic heterocycles. The van der Waals surface area contributed by atoms with Crippen LogP contribution in [0, 0.1) is 0 Å². The molecule has 176 valence electrons. The summed E-state index contributed by atoms with van der Waals surface area (Å²) >= 11 is 0. The van der Waals surface area contributed by atoms with Crippen LogP contribution < -0.4 is 19.9 Å². The zero-order valence-corrected chi connectivity index (χ0v) is 19.2. The zero-order chi connectivity index (χ0) is 24.4. The van der Waals surface area contributed by atoms with E-state index in [0.29, 0.717) is 18.0 Å². The third-order valence-electron chi connectivity index (χ3n) is 4.58. The van der Waals surface area contributed by atoms with Gasteiger partial charge < -0.3 is 15.2 Å². The summed E-state index contributed by atoms with van der Waals surface area (Å²) in [4.78, 5) is 20.9. The number of aromatic nitrogens is 1. The molecule has 0 bridgehead atoms. The van der Waals surface area contributed by atoms with Crippen LogP contribution in [-0.2, 0) is 23.2 Å². The van der Waals surface area contributed by atoms with Crippen molar-refractivity contribution in [2.75, 3.05) is 7.11 Å². The molecular weight excluding hydrogens is 456 g/mol. The standard InChI is InChI=1S/C24H24N4O5S/c1-32-22-15-18(10-11-19(22)16-26-13-6-12-25)24(29)28-34(30,31)23-9-3-2-8-21(23)33-17-20-7-4-5-14-27-20/h2-15H,16-17,25H2,1H3,(H,28,29)/b12-6-,26-13?. The number of carbonyl (C=O) groups excluding carboxylic acids is 1. The van der Waals surface area contributed by atoms with Crippen molar-refractivity contribution in [2.45, 2.75) is 18.0 Å². The highest BCUT2D eigenvalue weighted by molar-refractivity contribution is 7.90. The predicted octanol–water partition coefficient (Wildman–Crippen LogP) is 2.83. The number of nitrogens with zero attached hydrogens (tertiary/aromatic N) is 2. The maximum atomic E-state index is 13.0. The molecule has 0 saturated carbocycles. The van der Waals surface area contributed by atoms with Crippen LogP contribution in [0.5, 0.6) is 11.5 Å². The minimum Gasteiger partial charge on any atom is -0.496 e. The molecule has 0 saturated heterocycles. The van der Waals surface area contributed by atoms with Crippen molar-refractivity contribution < 1.29 is 22.7 Å². The van der Waals surface area contributed by atoms with Gasteiger partial charge in [0.2, 0.25) is 0 Å². The van der Waals surface area contributed by atoms with Gasteiger partial charge in [0.1, 0.15) is 23.0 Å². The number of benzene rings is 2. The van der Waals surface area contributed by atoms with Crippen molar-refractivity contribution in [1.29, 1.82) is 0 Å². The number of carbonyl (C=O) groups is 1. The number of rotatable bonds is 10. The Labute approximate surface area is 198 Å². The Bertz CT molecular complexity index is 1290. The average molecular weight is 481 g/mol. The van der Waals surface area contributed by atoms with Crippen LogP contribution in [0.15, 0.2) is 89.0 Å². The summed E-state index contributed by atoms with van der Waals surface area (Å²) in [5.41, 5.74) is 6.73. The molecule has 3 rings (SSSR count). The summed E-state index contributed by atoms with van der Waals surface area (Å²) in [7, 11) is -2.77. The number of amides is 1. The SMILES string of the molecule is COc1cc(C(=O)NS(=O)(=O)c2ccccc2OCc2ccccn2)ccc1CN=C/C=C\N. The van der Waals surface area contributed by atoms with Gasteiger partial charge in [-0.05, 0) is 48.7 Å². The van der Waals surface area contributed by atoms with E-state index in [1.54, 1.807) is 54.9 Å². The van der Waals surface area contributed by atoms with Crippen molar-refractivity contribution in [2.24, 2.45) is 10.7 Å². The van der Waals surface area contributed by atoms with E-state index in [4.69, 9.17) is 15.2 Å². The smallest absolute Gasteiger partial charge is 0.268 e. The quantitative estimate of drug-likeness (QED) is 0.426. The van der Waals surface area contributed by atoms with Crippen LogP contribution in [0.1, 0.15) is 21.6 Å². The van der Waals surface area contributed by atoms with Gasteiger partial charge in [-0.3, -0.25) is 14.8 Å². The van der Waals surface area contributed by atoms with Crippen LogP contribution >= 0.6 is 0 Å². The monoisotopic (exact) mass is 480 g/mol. The molecule has 0 unspecified atom stereocenters. The fraction of sp³-hybridized carbons (Fsp3) is 0.125. The van der Waals surface area contributed by atoms with Gasteiger partial charge in [-0.2, -0.15) is 0 Å². The summed E-state index contributed by atoms with van der Waals surface area (Å²) in [5.74, 6) is -0.303. The Morgan fingerprint density at radius 2 is 1.91 bits per heavy atom. The topological polar surface area (TPSA) is 133 Å². The fourth-order valence-corrected chi connectivity index (χ4v) is 4.06. The lowest BCUT2D eigenvalue weighted by Crippen LogP contribution is -2.31. The Morgan fingerprint density at radius 1 is 1.12 bits per heavy atom. The molecule has 0 aliphatic carbocycles. The summed E-state index contributed by atoms with van der Waals surface area (Å²) in [6, 6.07) is 16.0. The molecule has 10 heteroatoms. The molecule has 3 N–H and O–H groups in total. The second kappa shape index (κ2) is 11.6.